The van der Waals surface area contributed by atoms with Crippen LogP contribution in [0.2, 0.25) is 0 Å². The average Bonchev–Trinajstić information content (AvgIpc) is 4.05. The van der Waals surface area contributed by atoms with E-state index in [4.69, 9.17) is 4.42 Å². The normalized spacial score (nSPS) is 11.2. The molecule has 312 valence electrons. The molecule has 0 aliphatic rings. The first kappa shape index (κ1) is 41.3. The first-order valence-electron chi connectivity index (χ1n) is 21.2. The van der Waals surface area contributed by atoms with Crippen molar-refractivity contribution in [3.8, 4) is 50.7 Å². The van der Waals surface area contributed by atoms with Gasteiger partial charge in [-0.2, -0.15) is 0 Å². The van der Waals surface area contributed by atoms with Gasteiger partial charge in [-0.3, -0.25) is 4.98 Å². The predicted octanol–water partition coefficient (Wildman–Crippen LogP) is 13.3. The van der Waals surface area contributed by atoms with Gasteiger partial charge in [-0.05, 0) is 96.0 Å². The molecule has 0 saturated carbocycles. The number of fused-ring (bicyclic) bond motifs is 6. The number of benzene rings is 6. The van der Waals surface area contributed by atoms with Crippen LogP contribution in [-0.2, 0) is 33.6 Å². The van der Waals surface area contributed by atoms with Gasteiger partial charge in [-0.25, -0.2) is 4.98 Å². The van der Waals surface area contributed by atoms with Crippen LogP contribution in [0.4, 0.5) is 0 Å². The van der Waals surface area contributed by atoms with Crippen molar-refractivity contribution in [1.29, 1.82) is 0 Å². The second-order valence-electron chi connectivity index (χ2n) is 15.8. The van der Waals surface area contributed by atoms with Crippen molar-refractivity contribution < 1.29 is 24.5 Å². The zero-order valence-corrected chi connectivity index (χ0v) is 37.9. The topological polar surface area (TPSA) is 74.6 Å². The minimum absolute atomic E-state index is 0. The molecule has 0 aliphatic carbocycles. The Hall–Kier alpha value is -7.77. The zero-order chi connectivity index (χ0) is 43.0. The molecule has 0 aliphatic heterocycles. The molecule has 0 N–H and O–H groups in total. The molecule has 0 radical (unpaired) electrons. The predicted molar refractivity (Wildman–Crippen MR) is 257 cm³/mol. The monoisotopic (exact) mass is 1020 g/mol. The van der Waals surface area contributed by atoms with Gasteiger partial charge < -0.3 is 23.5 Å². The van der Waals surface area contributed by atoms with Crippen molar-refractivity contribution in [3.05, 3.63) is 224 Å². The van der Waals surface area contributed by atoms with Gasteiger partial charge in [-0.15, -0.1) is 89.5 Å². The van der Waals surface area contributed by atoms with Gasteiger partial charge in [0.1, 0.15) is 0 Å². The van der Waals surface area contributed by atoms with E-state index < -0.39 is 0 Å². The summed E-state index contributed by atoms with van der Waals surface area (Å²) in [6.45, 7) is 1.96. The summed E-state index contributed by atoms with van der Waals surface area (Å²) in [6, 6.07) is 66.6. The zero-order valence-electron chi connectivity index (χ0n) is 35.5. The number of imidazole rings is 1. The maximum atomic E-state index is 5.95. The molecule has 0 saturated heterocycles. The Morgan fingerprint density at radius 2 is 1.42 bits per heavy atom. The molecule has 12 aromatic rings. The van der Waals surface area contributed by atoms with E-state index in [1.165, 1.54) is 38.5 Å². The molecular weight excluding hydrogens is 977 g/mol. The first-order chi connectivity index (χ1) is 31.6. The van der Waals surface area contributed by atoms with Gasteiger partial charge in [0.05, 0.1) is 22.4 Å². The minimum atomic E-state index is 0. The fourth-order valence-corrected chi connectivity index (χ4v) is 8.64. The number of nitrogens with zero attached hydrogens (tertiary/aromatic N) is 6. The van der Waals surface area contributed by atoms with Crippen LogP contribution in [0.1, 0.15) is 16.8 Å². The van der Waals surface area contributed by atoms with Crippen LogP contribution >= 0.6 is 0 Å². The third kappa shape index (κ3) is 7.95. The Bertz CT molecular complexity index is 3610. The smallest absolute Gasteiger partial charge is 0.486 e. The number of aromatic nitrogens is 6. The van der Waals surface area contributed by atoms with Crippen molar-refractivity contribution in [2.75, 3.05) is 0 Å². The van der Waals surface area contributed by atoms with Crippen LogP contribution in [0.5, 0.6) is 0 Å². The Balaban J connectivity index is 0.000000198. The number of pyridine rings is 3. The van der Waals surface area contributed by atoms with Crippen molar-refractivity contribution in [1.82, 2.24) is 29.1 Å². The number of hydrogen-bond acceptors (Lipinski definition) is 5. The van der Waals surface area contributed by atoms with Crippen molar-refractivity contribution in [2.45, 2.75) is 13.3 Å². The molecule has 12 rings (SSSR count). The average molecular weight is 1020 g/mol. The molecule has 6 heterocycles. The molecule has 0 amide bonds. The Morgan fingerprint density at radius 1 is 0.585 bits per heavy atom. The number of aryl methyl sites for hydroxylation is 2. The van der Waals surface area contributed by atoms with E-state index in [1.54, 1.807) is 6.20 Å². The fourth-order valence-electron chi connectivity index (χ4n) is 8.64. The molecule has 6 aromatic heterocycles. The SMILES string of the molecule is Cc1ccc2c(n1)oc1c(-c3nccn3C)[c-]ccc12.[Ir+3].[c-]1ccccc1-c1cc(-c2cccc3c2c2cc(Cc4cc[c-]c(-c5ccccn5)c4)ccc2n3-c2ccccc2)ccn1. The van der Waals surface area contributed by atoms with Crippen LogP contribution < -0.4 is 0 Å². The van der Waals surface area contributed by atoms with Crippen molar-refractivity contribution in [2.24, 2.45) is 7.05 Å². The summed E-state index contributed by atoms with van der Waals surface area (Å²) in [5, 5.41) is 4.53. The Labute approximate surface area is 390 Å². The summed E-state index contributed by atoms with van der Waals surface area (Å²) < 4.78 is 10.3. The van der Waals surface area contributed by atoms with Crippen LogP contribution in [0.15, 0.2) is 193 Å². The largest absolute Gasteiger partial charge is 3.00 e. The molecule has 8 heteroatoms. The number of rotatable bonds is 7. The van der Waals surface area contributed by atoms with Gasteiger partial charge in [0.15, 0.2) is 0 Å². The standard InChI is InChI=1S/C41H27N3.C16H12N3O.Ir/c1-3-12-31(13-4-1)38-28-32(22-24-43-38)35-17-10-19-40-41(35)36-27-30(20-21-39(36)44(40)34-15-5-2-6-16-34)25-29-11-9-14-33(26-29)37-18-7-8-23-42-37;1-10-6-7-12-11-4-3-5-13(14(11)20-16(12)18-10)15-17-8-9-19(15)2;/h1-12,15-24,26-28H,25H2;3-4,6-9H,1-2H3;/q-2;-1;+3. The molecule has 0 fully saturated rings. The maximum absolute atomic E-state index is 5.95. The second kappa shape index (κ2) is 17.8. The van der Waals surface area contributed by atoms with E-state index in [1.807, 2.05) is 104 Å². The number of para-hydroxylation sites is 1. The molecule has 7 nitrogen and oxygen atoms in total. The van der Waals surface area contributed by atoms with E-state index >= 15 is 0 Å². The van der Waals surface area contributed by atoms with Gasteiger partial charge >= 0.3 is 20.1 Å². The quantitative estimate of drug-likeness (QED) is 0.149. The summed E-state index contributed by atoms with van der Waals surface area (Å²) in [4.78, 5) is 18.0. The van der Waals surface area contributed by atoms with Crippen molar-refractivity contribution in [3.63, 3.8) is 0 Å². The van der Waals surface area contributed by atoms with Crippen LogP contribution in [0.25, 0.3) is 94.6 Å². The van der Waals surface area contributed by atoms with Crippen LogP contribution in [0.3, 0.4) is 0 Å². The Kier molecular flexibility index (Phi) is 11.3. The Morgan fingerprint density at radius 3 is 2.25 bits per heavy atom. The molecule has 0 atom stereocenters. The van der Waals surface area contributed by atoms with E-state index in [2.05, 4.69) is 140 Å². The van der Waals surface area contributed by atoms with E-state index in [-0.39, 0.29) is 20.1 Å². The van der Waals surface area contributed by atoms with E-state index in [0.717, 1.165) is 73.6 Å². The molecular formula is C57H39IrN6O. The molecule has 65 heavy (non-hydrogen) atoms. The summed E-state index contributed by atoms with van der Waals surface area (Å²) in [5.41, 5.74) is 15.4. The molecule has 0 spiro atoms. The van der Waals surface area contributed by atoms with Crippen LogP contribution in [0, 0.1) is 25.1 Å². The second-order valence-corrected chi connectivity index (χ2v) is 15.8. The molecule has 6 aromatic carbocycles. The van der Waals surface area contributed by atoms with E-state index in [0.29, 0.717) is 5.71 Å². The summed E-state index contributed by atoms with van der Waals surface area (Å²) in [6.07, 6.45) is 8.22. The molecule has 0 bridgehead atoms. The van der Waals surface area contributed by atoms with Gasteiger partial charge in [0.2, 0.25) is 5.71 Å². The fraction of sp³-hybridized carbons (Fsp3) is 0.0526. The van der Waals surface area contributed by atoms with Crippen molar-refractivity contribution >= 4 is 43.9 Å². The first-order valence-corrected chi connectivity index (χ1v) is 21.2. The number of furan rings is 1. The summed E-state index contributed by atoms with van der Waals surface area (Å²) in [7, 11) is 1.96. The minimum Gasteiger partial charge on any atom is -0.486 e. The van der Waals surface area contributed by atoms with Crippen LogP contribution in [-0.4, -0.2) is 29.1 Å². The third-order valence-corrected chi connectivity index (χ3v) is 11.6. The van der Waals surface area contributed by atoms with Gasteiger partial charge in [-0.1, -0.05) is 65.5 Å². The van der Waals surface area contributed by atoms with Gasteiger partial charge in [0, 0.05) is 59.4 Å². The number of hydrogen-bond donors (Lipinski definition) is 0. The summed E-state index contributed by atoms with van der Waals surface area (Å²) in [5.74, 6) is 0.839. The molecule has 0 unspecified atom stereocenters. The maximum Gasteiger partial charge on any atom is 3.00 e. The third-order valence-electron chi connectivity index (χ3n) is 11.6. The van der Waals surface area contributed by atoms with Gasteiger partial charge in [0.25, 0.3) is 0 Å². The van der Waals surface area contributed by atoms with E-state index in [9.17, 15) is 0 Å². The summed E-state index contributed by atoms with van der Waals surface area (Å²) >= 11 is 0.